The van der Waals surface area contributed by atoms with Gasteiger partial charge in [-0.15, -0.1) is 0 Å². The van der Waals surface area contributed by atoms with Gasteiger partial charge in [0, 0.05) is 18.9 Å². The Bertz CT molecular complexity index is 856. The number of aromatic nitrogens is 1. The Hall–Kier alpha value is -2.33. The lowest BCUT2D eigenvalue weighted by Gasteiger charge is -2.09. The molecule has 0 unspecified atom stereocenters. The Morgan fingerprint density at radius 1 is 1.17 bits per heavy atom. The fourth-order valence-electron chi connectivity index (χ4n) is 1.96. The van der Waals surface area contributed by atoms with Crippen LogP contribution in [0.3, 0.4) is 0 Å². The molecule has 2 rings (SSSR count). The summed E-state index contributed by atoms with van der Waals surface area (Å²) < 4.78 is 64.4. The second-order valence-electron chi connectivity index (χ2n) is 4.91. The molecule has 1 aromatic carbocycles. The molecule has 1 aromatic heterocycles. The van der Waals surface area contributed by atoms with Crippen molar-refractivity contribution in [3.8, 4) is 0 Å². The smallest absolute Gasteiger partial charge is 0.345 e. The number of carbonyl (C=O) groups is 1. The number of halogens is 3. The number of rotatable bonds is 4. The Morgan fingerprint density at radius 2 is 1.75 bits per heavy atom. The number of hydrogen-bond acceptors (Lipinski definition) is 3. The first-order chi connectivity index (χ1) is 11.0. The molecular formula is C14H14F3N3O3S. The number of sulfonamides is 1. The summed E-state index contributed by atoms with van der Waals surface area (Å²) in [5, 5.41) is 2.42. The predicted octanol–water partition coefficient (Wildman–Crippen LogP) is 2.20. The van der Waals surface area contributed by atoms with Crippen molar-refractivity contribution in [1.29, 1.82) is 0 Å². The van der Waals surface area contributed by atoms with Gasteiger partial charge in [-0.2, -0.15) is 13.2 Å². The van der Waals surface area contributed by atoms with Crippen molar-refractivity contribution >= 4 is 21.6 Å². The summed E-state index contributed by atoms with van der Waals surface area (Å²) in [5.41, 5.74) is -0.627. The molecule has 0 aliphatic carbocycles. The Labute approximate surface area is 136 Å². The number of hydrogen-bond donors (Lipinski definition) is 2. The minimum absolute atomic E-state index is 0.0451. The molecule has 0 radical (unpaired) electrons. The lowest BCUT2D eigenvalue weighted by atomic mass is 10.2. The van der Waals surface area contributed by atoms with Gasteiger partial charge in [-0.1, -0.05) is 0 Å². The minimum atomic E-state index is -4.46. The number of alkyl halides is 3. The summed E-state index contributed by atoms with van der Waals surface area (Å²) in [6, 6.07) is 5.10. The van der Waals surface area contributed by atoms with Crippen LogP contribution in [0.2, 0.25) is 0 Å². The van der Waals surface area contributed by atoms with Crippen LogP contribution in [0.5, 0.6) is 0 Å². The maximum Gasteiger partial charge on any atom is 0.416 e. The van der Waals surface area contributed by atoms with Crippen molar-refractivity contribution in [2.24, 2.45) is 7.05 Å². The van der Waals surface area contributed by atoms with E-state index >= 15 is 0 Å². The van der Waals surface area contributed by atoms with E-state index in [2.05, 4.69) is 10.0 Å². The number of benzene rings is 1. The van der Waals surface area contributed by atoms with Crippen molar-refractivity contribution in [2.75, 3.05) is 12.4 Å². The van der Waals surface area contributed by atoms with E-state index in [1.54, 1.807) is 0 Å². The van der Waals surface area contributed by atoms with Gasteiger partial charge in [-0.05, 0) is 37.4 Å². The second-order valence-corrected chi connectivity index (χ2v) is 6.80. The molecule has 0 saturated heterocycles. The lowest BCUT2D eigenvalue weighted by molar-refractivity contribution is -0.137. The second kappa shape index (κ2) is 6.29. The third-order valence-electron chi connectivity index (χ3n) is 3.26. The first kappa shape index (κ1) is 18.0. The van der Waals surface area contributed by atoms with Crippen molar-refractivity contribution in [1.82, 2.24) is 9.29 Å². The van der Waals surface area contributed by atoms with Gasteiger partial charge in [0.25, 0.3) is 5.91 Å². The summed E-state index contributed by atoms with van der Waals surface area (Å²) in [5.74, 6) is -0.644. The van der Waals surface area contributed by atoms with E-state index in [0.29, 0.717) is 0 Å². The molecule has 6 nitrogen and oxygen atoms in total. The predicted molar refractivity (Wildman–Crippen MR) is 81.1 cm³/mol. The Morgan fingerprint density at radius 3 is 2.25 bits per heavy atom. The van der Waals surface area contributed by atoms with Gasteiger partial charge in [0.2, 0.25) is 10.0 Å². The van der Waals surface area contributed by atoms with E-state index < -0.39 is 27.7 Å². The molecule has 0 aliphatic heterocycles. The average molecular weight is 361 g/mol. The highest BCUT2D eigenvalue weighted by molar-refractivity contribution is 7.89. The van der Waals surface area contributed by atoms with Gasteiger partial charge < -0.3 is 9.88 Å². The molecule has 0 saturated carbocycles. The van der Waals surface area contributed by atoms with E-state index in [0.717, 1.165) is 24.3 Å². The summed E-state index contributed by atoms with van der Waals surface area (Å²) in [7, 11) is -0.981. The van der Waals surface area contributed by atoms with Crippen molar-refractivity contribution in [3.05, 3.63) is 47.8 Å². The third-order valence-corrected chi connectivity index (χ3v) is 4.64. The van der Waals surface area contributed by atoms with E-state index in [4.69, 9.17) is 0 Å². The topological polar surface area (TPSA) is 80.2 Å². The molecule has 24 heavy (non-hydrogen) atoms. The van der Waals surface area contributed by atoms with E-state index in [1.807, 2.05) is 0 Å². The number of nitrogens with one attached hydrogen (secondary N) is 2. The SMILES string of the molecule is CNS(=O)(=O)c1cc(C(=O)Nc2ccc(C(F)(F)F)cc2)n(C)c1. The van der Waals surface area contributed by atoms with Gasteiger partial charge in [0.1, 0.15) is 10.6 Å². The van der Waals surface area contributed by atoms with Crippen LogP contribution in [-0.4, -0.2) is 25.9 Å². The molecule has 1 amide bonds. The molecule has 0 bridgehead atoms. The molecule has 10 heteroatoms. The monoisotopic (exact) mass is 361 g/mol. The quantitative estimate of drug-likeness (QED) is 0.876. The van der Waals surface area contributed by atoms with Crippen molar-refractivity contribution < 1.29 is 26.4 Å². The maximum absolute atomic E-state index is 12.5. The van der Waals surface area contributed by atoms with Gasteiger partial charge in [0.15, 0.2) is 0 Å². The molecule has 130 valence electrons. The first-order valence-electron chi connectivity index (χ1n) is 6.63. The summed E-state index contributed by atoms with van der Waals surface area (Å²) in [6.45, 7) is 0. The number of carbonyl (C=O) groups excluding carboxylic acids is 1. The van der Waals surface area contributed by atoms with Crippen LogP contribution in [0.25, 0.3) is 0 Å². The summed E-state index contributed by atoms with van der Waals surface area (Å²) in [4.78, 5) is 12.1. The van der Waals surface area contributed by atoms with Crippen LogP contribution in [-0.2, 0) is 23.2 Å². The standard InChI is InChI=1S/C14H14F3N3O3S/c1-18-24(22,23)11-7-12(20(2)8-11)13(21)19-10-5-3-9(4-6-10)14(15,16)17/h3-8,18H,1-2H3,(H,19,21). The number of anilines is 1. The number of nitrogens with zero attached hydrogens (tertiary/aromatic N) is 1. The normalized spacial score (nSPS) is 12.2. The van der Waals surface area contributed by atoms with Crippen LogP contribution in [0, 0.1) is 0 Å². The van der Waals surface area contributed by atoms with Crippen molar-refractivity contribution in [3.63, 3.8) is 0 Å². The zero-order valence-corrected chi connectivity index (χ0v) is 13.5. The molecular weight excluding hydrogens is 347 g/mol. The zero-order valence-electron chi connectivity index (χ0n) is 12.7. The molecule has 0 atom stereocenters. The van der Waals surface area contributed by atoms with Crippen LogP contribution in [0.1, 0.15) is 16.1 Å². The highest BCUT2D eigenvalue weighted by Crippen LogP contribution is 2.29. The van der Waals surface area contributed by atoms with E-state index in [-0.39, 0.29) is 16.3 Å². The summed E-state index contributed by atoms with van der Waals surface area (Å²) >= 11 is 0. The number of aryl methyl sites for hydroxylation is 1. The van der Waals surface area contributed by atoms with Gasteiger partial charge in [-0.3, -0.25) is 4.79 Å². The fourth-order valence-corrected chi connectivity index (χ4v) is 2.76. The lowest BCUT2D eigenvalue weighted by Crippen LogP contribution is -2.18. The minimum Gasteiger partial charge on any atom is -0.345 e. The fraction of sp³-hybridized carbons (Fsp3) is 0.214. The van der Waals surface area contributed by atoms with Crippen LogP contribution >= 0.6 is 0 Å². The van der Waals surface area contributed by atoms with Gasteiger partial charge in [0.05, 0.1) is 5.56 Å². The van der Waals surface area contributed by atoms with Crippen LogP contribution in [0.15, 0.2) is 41.4 Å². The van der Waals surface area contributed by atoms with Crippen LogP contribution < -0.4 is 10.0 Å². The zero-order chi connectivity index (χ0) is 18.1. The highest BCUT2D eigenvalue weighted by Gasteiger charge is 2.30. The molecule has 0 aliphatic rings. The van der Waals surface area contributed by atoms with Crippen LogP contribution in [0.4, 0.5) is 18.9 Å². The molecule has 2 aromatic rings. The van der Waals surface area contributed by atoms with E-state index in [9.17, 15) is 26.4 Å². The molecule has 2 N–H and O–H groups in total. The van der Waals surface area contributed by atoms with Gasteiger partial charge in [-0.25, -0.2) is 13.1 Å². The Kier molecular flexibility index (Phi) is 4.72. The highest BCUT2D eigenvalue weighted by atomic mass is 32.2. The average Bonchev–Trinajstić information content (AvgIpc) is 2.90. The Balaban J connectivity index is 2.22. The number of amides is 1. The molecule has 0 fully saturated rings. The largest absolute Gasteiger partial charge is 0.416 e. The van der Waals surface area contributed by atoms with Gasteiger partial charge >= 0.3 is 6.18 Å². The first-order valence-corrected chi connectivity index (χ1v) is 8.11. The summed E-state index contributed by atoms with van der Waals surface area (Å²) in [6.07, 6.45) is -3.20. The third kappa shape index (κ3) is 3.77. The maximum atomic E-state index is 12.5. The molecule has 0 spiro atoms. The molecule has 1 heterocycles. The van der Waals surface area contributed by atoms with E-state index in [1.165, 1.54) is 30.9 Å². The van der Waals surface area contributed by atoms with Crippen molar-refractivity contribution in [2.45, 2.75) is 11.1 Å².